The van der Waals surface area contributed by atoms with Gasteiger partial charge in [-0.05, 0) is 37.8 Å². The molecule has 1 aromatic carbocycles. The fraction of sp³-hybridized carbons (Fsp3) is 0.625. The van der Waals surface area contributed by atoms with Gasteiger partial charge in [-0.2, -0.15) is 0 Å². The molecule has 0 radical (unpaired) electrons. The lowest BCUT2D eigenvalue weighted by Gasteiger charge is -2.21. The highest BCUT2D eigenvalue weighted by Crippen LogP contribution is 2.32. The Morgan fingerprint density at radius 2 is 1.47 bits per heavy atom. The highest BCUT2D eigenvalue weighted by molar-refractivity contribution is 5.45. The molecule has 0 heterocycles. The maximum Gasteiger partial charge on any atom is 0.164 e. The average molecular weight is 264 g/mol. The van der Waals surface area contributed by atoms with E-state index in [-0.39, 0.29) is 0 Å². The van der Waals surface area contributed by atoms with Crippen molar-refractivity contribution in [3.8, 4) is 17.2 Å². The maximum atomic E-state index is 6.10. The first kappa shape index (κ1) is 14.0. The van der Waals surface area contributed by atoms with Crippen LogP contribution in [0.2, 0.25) is 0 Å². The molecule has 1 aromatic rings. The summed E-state index contributed by atoms with van der Waals surface area (Å²) in [6.45, 7) is 0. The van der Waals surface area contributed by atoms with Crippen LogP contribution in [0.15, 0.2) is 18.2 Å². The monoisotopic (exact) mass is 264 g/mol. The van der Waals surface area contributed by atoms with Gasteiger partial charge in [-0.15, -0.1) is 0 Å². The number of hydrogen-bond acceptors (Lipinski definition) is 3. The smallest absolute Gasteiger partial charge is 0.164 e. The van der Waals surface area contributed by atoms with Crippen LogP contribution >= 0.6 is 0 Å². The minimum Gasteiger partial charge on any atom is -0.493 e. The Morgan fingerprint density at radius 1 is 0.842 bits per heavy atom. The van der Waals surface area contributed by atoms with Crippen LogP contribution in [0.25, 0.3) is 0 Å². The van der Waals surface area contributed by atoms with Crippen molar-refractivity contribution >= 4 is 0 Å². The highest BCUT2D eigenvalue weighted by Gasteiger charge is 2.14. The Bertz CT molecular complexity index is 382. The van der Waals surface area contributed by atoms with Gasteiger partial charge in [-0.1, -0.05) is 19.3 Å². The fourth-order valence-corrected chi connectivity index (χ4v) is 2.62. The standard InChI is InChI=1S/C16H24O3/c1-17-15-11-10-14(12-16(15)18-2)19-13-8-6-4-3-5-7-9-13/h10-13H,3-9H2,1-2H3. The van der Waals surface area contributed by atoms with Crippen LogP contribution in [0.3, 0.4) is 0 Å². The SMILES string of the molecule is COc1ccc(OC2CCCCCCC2)cc1OC. The van der Waals surface area contributed by atoms with Crippen molar-refractivity contribution in [3.05, 3.63) is 18.2 Å². The summed E-state index contributed by atoms with van der Waals surface area (Å²) in [6.07, 6.45) is 9.28. The van der Waals surface area contributed by atoms with Gasteiger partial charge in [0.1, 0.15) is 5.75 Å². The Labute approximate surface area is 115 Å². The molecule has 3 nitrogen and oxygen atoms in total. The summed E-state index contributed by atoms with van der Waals surface area (Å²) in [5, 5.41) is 0. The van der Waals surface area contributed by atoms with E-state index in [0.29, 0.717) is 6.10 Å². The van der Waals surface area contributed by atoms with E-state index in [2.05, 4.69) is 0 Å². The first-order valence-corrected chi connectivity index (χ1v) is 7.22. The van der Waals surface area contributed by atoms with Gasteiger partial charge in [0, 0.05) is 6.07 Å². The first-order valence-electron chi connectivity index (χ1n) is 7.22. The van der Waals surface area contributed by atoms with E-state index in [1.54, 1.807) is 14.2 Å². The van der Waals surface area contributed by atoms with Gasteiger partial charge in [0.25, 0.3) is 0 Å². The summed E-state index contributed by atoms with van der Waals surface area (Å²) < 4.78 is 16.6. The molecule has 0 atom stereocenters. The van der Waals surface area contributed by atoms with Crippen LogP contribution in [0.5, 0.6) is 17.2 Å². The van der Waals surface area contributed by atoms with Crippen LogP contribution in [-0.2, 0) is 0 Å². The van der Waals surface area contributed by atoms with Crippen molar-refractivity contribution in [3.63, 3.8) is 0 Å². The zero-order valence-corrected chi connectivity index (χ0v) is 12.0. The zero-order valence-electron chi connectivity index (χ0n) is 12.0. The topological polar surface area (TPSA) is 27.7 Å². The molecule has 1 saturated carbocycles. The molecule has 0 amide bonds. The lowest BCUT2D eigenvalue weighted by atomic mass is 9.98. The number of ether oxygens (including phenoxy) is 3. The maximum absolute atomic E-state index is 6.10. The zero-order chi connectivity index (χ0) is 13.5. The van der Waals surface area contributed by atoms with Crippen LogP contribution < -0.4 is 14.2 Å². The Balaban J connectivity index is 2.00. The Kier molecular flexibility index (Phi) is 5.37. The second kappa shape index (κ2) is 7.27. The van der Waals surface area contributed by atoms with Crippen LogP contribution in [0.1, 0.15) is 44.9 Å². The summed E-state index contributed by atoms with van der Waals surface area (Å²) in [4.78, 5) is 0. The molecule has 0 spiro atoms. The second-order valence-electron chi connectivity index (χ2n) is 5.10. The van der Waals surface area contributed by atoms with E-state index in [4.69, 9.17) is 14.2 Å². The minimum atomic E-state index is 0.346. The normalized spacial score (nSPS) is 17.4. The van der Waals surface area contributed by atoms with Crippen molar-refractivity contribution in [2.75, 3.05) is 14.2 Å². The number of rotatable bonds is 4. The van der Waals surface area contributed by atoms with Crippen LogP contribution in [0.4, 0.5) is 0 Å². The van der Waals surface area contributed by atoms with E-state index in [9.17, 15) is 0 Å². The third kappa shape index (κ3) is 4.05. The van der Waals surface area contributed by atoms with E-state index < -0.39 is 0 Å². The van der Waals surface area contributed by atoms with Gasteiger partial charge >= 0.3 is 0 Å². The van der Waals surface area contributed by atoms with E-state index >= 15 is 0 Å². The van der Waals surface area contributed by atoms with Crippen molar-refractivity contribution in [2.45, 2.75) is 51.0 Å². The highest BCUT2D eigenvalue weighted by atomic mass is 16.5. The quantitative estimate of drug-likeness (QED) is 0.816. The van der Waals surface area contributed by atoms with Gasteiger partial charge < -0.3 is 14.2 Å². The molecule has 0 aromatic heterocycles. The second-order valence-corrected chi connectivity index (χ2v) is 5.10. The number of benzene rings is 1. The number of methoxy groups -OCH3 is 2. The molecule has 1 aliphatic rings. The summed E-state index contributed by atoms with van der Waals surface area (Å²) in [6, 6.07) is 5.77. The Morgan fingerprint density at radius 3 is 2.11 bits per heavy atom. The molecule has 19 heavy (non-hydrogen) atoms. The van der Waals surface area contributed by atoms with Crippen LogP contribution in [-0.4, -0.2) is 20.3 Å². The van der Waals surface area contributed by atoms with Crippen molar-refractivity contribution in [2.24, 2.45) is 0 Å². The third-order valence-corrected chi connectivity index (χ3v) is 3.71. The predicted octanol–water partition coefficient (Wildman–Crippen LogP) is 4.20. The lowest BCUT2D eigenvalue weighted by Crippen LogP contribution is -2.17. The molecule has 1 aliphatic carbocycles. The summed E-state index contributed by atoms with van der Waals surface area (Å²) in [7, 11) is 3.30. The Hall–Kier alpha value is -1.38. The molecule has 0 bridgehead atoms. The molecule has 0 unspecified atom stereocenters. The van der Waals surface area contributed by atoms with E-state index in [1.165, 1.54) is 32.1 Å². The predicted molar refractivity (Wildman–Crippen MR) is 76.3 cm³/mol. The lowest BCUT2D eigenvalue weighted by molar-refractivity contribution is 0.166. The molecular formula is C16H24O3. The largest absolute Gasteiger partial charge is 0.493 e. The molecule has 0 aliphatic heterocycles. The molecule has 0 saturated heterocycles. The molecule has 106 valence electrons. The fourth-order valence-electron chi connectivity index (χ4n) is 2.62. The molecule has 2 rings (SSSR count). The van der Waals surface area contributed by atoms with Gasteiger partial charge in [-0.3, -0.25) is 0 Å². The van der Waals surface area contributed by atoms with E-state index in [1.807, 2.05) is 18.2 Å². The van der Waals surface area contributed by atoms with Crippen molar-refractivity contribution < 1.29 is 14.2 Å². The molecule has 3 heteroatoms. The molecule has 1 fully saturated rings. The van der Waals surface area contributed by atoms with Gasteiger partial charge in [0.2, 0.25) is 0 Å². The van der Waals surface area contributed by atoms with Gasteiger partial charge in [0.05, 0.1) is 20.3 Å². The van der Waals surface area contributed by atoms with Gasteiger partial charge in [-0.25, -0.2) is 0 Å². The van der Waals surface area contributed by atoms with Gasteiger partial charge in [0.15, 0.2) is 11.5 Å². The summed E-state index contributed by atoms with van der Waals surface area (Å²) in [5.41, 5.74) is 0. The van der Waals surface area contributed by atoms with E-state index in [0.717, 1.165) is 30.1 Å². The summed E-state index contributed by atoms with van der Waals surface area (Å²) >= 11 is 0. The number of hydrogen-bond donors (Lipinski definition) is 0. The van der Waals surface area contributed by atoms with Crippen molar-refractivity contribution in [1.82, 2.24) is 0 Å². The minimum absolute atomic E-state index is 0.346. The van der Waals surface area contributed by atoms with Crippen molar-refractivity contribution in [1.29, 1.82) is 0 Å². The third-order valence-electron chi connectivity index (χ3n) is 3.71. The molecule has 0 N–H and O–H groups in total. The summed E-state index contributed by atoms with van der Waals surface area (Å²) in [5.74, 6) is 2.35. The first-order chi connectivity index (χ1) is 9.33. The van der Waals surface area contributed by atoms with Crippen LogP contribution in [0, 0.1) is 0 Å². The molecular weight excluding hydrogens is 240 g/mol. The average Bonchev–Trinajstić information content (AvgIpc) is 2.41.